The van der Waals surface area contributed by atoms with Crippen molar-refractivity contribution in [3.63, 3.8) is 0 Å². The minimum absolute atomic E-state index is 0.00297. The highest BCUT2D eigenvalue weighted by Gasteiger charge is 2.17. The number of nitrogens with one attached hydrogen (secondary N) is 1. The highest BCUT2D eigenvalue weighted by Crippen LogP contribution is 2.33. The van der Waals surface area contributed by atoms with E-state index in [1.165, 1.54) is 30.0 Å². The highest BCUT2D eigenvalue weighted by atomic mass is 35.5. The van der Waals surface area contributed by atoms with Crippen LogP contribution in [0, 0.1) is 10.1 Å². The van der Waals surface area contributed by atoms with Gasteiger partial charge in [-0.05, 0) is 42.7 Å². The van der Waals surface area contributed by atoms with Gasteiger partial charge in [-0.2, -0.15) is 0 Å². The fourth-order valence-electron chi connectivity index (χ4n) is 2.52. The van der Waals surface area contributed by atoms with E-state index in [2.05, 4.69) is 5.32 Å². The van der Waals surface area contributed by atoms with Gasteiger partial charge >= 0.3 is 0 Å². The Morgan fingerprint density at radius 2 is 1.96 bits per heavy atom. The molecule has 0 spiro atoms. The minimum atomic E-state index is -0.619. The first-order chi connectivity index (χ1) is 13.5. The molecule has 0 heterocycles. The van der Waals surface area contributed by atoms with Gasteiger partial charge in [0.15, 0.2) is 0 Å². The lowest BCUT2D eigenvalue weighted by atomic mass is 9.97. The van der Waals surface area contributed by atoms with E-state index in [-0.39, 0.29) is 16.3 Å². The van der Waals surface area contributed by atoms with Crippen LogP contribution in [0.3, 0.4) is 0 Å². The molecule has 0 saturated carbocycles. The number of benzene rings is 1. The molecule has 0 aliphatic heterocycles. The summed E-state index contributed by atoms with van der Waals surface area (Å²) in [4.78, 5) is 34.2. The number of aliphatic hydroxyl groups is 1. The molecule has 0 atom stereocenters. The fraction of sp³-hybridized carbons (Fsp3) is 0.474. The molecule has 28 heavy (non-hydrogen) atoms. The first-order valence-electron chi connectivity index (χ1n) is 8.97. The van der Waals surface area contributed by atoms with Crippen molar-refractivity contribution < 1.29 is 19.6 Å². The number of nitro benzene ring substituents is 1. The van der Waals surface area contributed by atoms with Crippen LogP contribution >= 0.6 is 23.4 Å². The SMILES string of the molecule is CC.CO.O=CCC1=C(SCNC(=O)c2ccc(Cl)c([N+](=O)[O-])c2)CCCC1. The Labute approximate surface area is 174 Å². The van der Waals surface area contributed by atoms with E-state index in [4.69, 9.17) is 16.7 Å². The van der Waals surface area contributed by atoms with E-state index in [1.54, 1.807) is 0 Å². The number of amides is 1. The molecule has 0 bridgehead atoms. The van der Waals surface area contributed by atoms with Gasteiger partial charge in [0, 0.05) is 25.2 Å². The van der Waals surface area contributed by atoms with Crippen LogP contribution in [0.4, 0.5) is 5.69 Å². The van der Waals surface area contributed by atoms with E-state index >= 15 is 0 Å². The summed E-state index contributed by atoms with van der Waals surface area (Å²) in [5, 5.41) is 20.6. The number of carbonyl (C=O) groups is 2. The van der Waals surface area contributed by atoms with Crippen LogP contribution in [0.25, 0.3) is 0 Å². The first kappa shape index (κ1) is 26.1. The summed E-state index contributed by atoms with van der Waals surface area (Å²) in [5.41, 5.74) is 1.05. The van der Waals surface area contributed by atoms with Crippen molar-refractivity contribution in [3.8, 4) is 0 Å². The van der Waals surface area contributed by atoms with Crippen LogP contribution < -0.4 is 5.32 Å². The molecule has 0 saturated heterocycles. The van der Waals surface area contributed by atoms with Crippen molar-refractivity contribution >= 4 is 41.2 Å². The third kappa shape index (κ3) is 8.41. The van der Waals surface area contributed by atoms with E-state index in [1.807, 2.05) is 13.8 Å². The number of hydrogen-bond acceptors (Lipinski definition) is 6. The number of nitrogens with zero attached hydrogens (tertiary/aromatic N) is 1. The molecule has 0 radical (unpaired) electrons. The van der Waals surface area contributed by atoms with Gasteiger partial charge in [0.1, 0.15) is 11.3 Å². The maximum atomic E-state index is 12.1. The molecule has 0 fully saturated rings. The number of hydrogen-bond donors (Lipinski definition) is 2. The molecule has 1 aromatic rings. The third-order valence-corrected chi connectivity index (χ3v) is 5.19. The number of halogens is 1. The monoisotopic (exact) mass is 430 g/mol. The summed E-state index contributed by atoms with van der Waals surface area (Å²) in [7, 11) is 1.00. The summed E-state index contributed by atoms with van der Waals surface area (Å²) in [6, 6.07) is 3.96. The van der Waals surface area contributed by atoms with Gasteiger partial charge in [-0.1, -0.05) is 31.0 Å². The van der Waals surface area contributed by atoms with Gasteiger partial charge in [-0.15, -0.1) is 11.8 Å². The van der Waals surface area contributed by atoms with Crippen LogP contribution in [0.5, 0.6) is 0 Å². The maximum Gasteiger partial charge on any atom is 0.288 e. The second-order valence-electron chi connectivity index (χ2n) is 5.32. The van der Waals surface area contributed by atoms with Crippen LogP contribution in [-0.2, 0) is 4.79 Å². The second kappa shape index (κ2) is 15.1. The Morgan fingerprint density at radius 3 is 2.57 bits per heavy atom. The number of carbonyl (C=O) groups excluding carboxylic acids is 2. The predicted octanol–water partition coefficient (Wildman–Crippen LogP) is 4.72. The van der Waals surface area contributed by atoms with Crippen molar-refractivity contribution in [2.45, 2.75) is 46.0 Å². The minimum Gasteiger partial charge on any atom is -0.400 e. The summed E-state index contributed by atoms with van der Waals surface area (Å²) in [6.45, 7) is 4.00. The van der Waals surface area contributed by atoms with Gasteiger partial charge in [0.25, 0.3) is 11.6 Å². The maximum absolute atomic E-state index is 12.1. The first-order valence-corrected chi connectivity index (χ1v) is 10.3. The Kier molecular flexibility index (Phi) is 14.0. The lowest BCUT2D eigenvalue weighted by Gasteiger charge is -2.18. The van der Waals surface area contributed by atoms with Crippen molar-refractivity contribution in [2.75, 3.05) is 13.0 Å². The Balaban J connectivity index is 0.00000171. The molecule has 2 N–H and O–H groups in total. The second-order valence-corrected chi connectivity index (χ2v) is 6.80. The van der Waals surface area contributed by atoms with Crippen molar-refractivity contribution in [3.05, 3.63) is 49.4 Å². The van der Waals surface area contributed by atoms with Crippen LogP contribution in [0.1, 0.15) is 56.3 Å². The smallest absolute Gasteiger partial charge is 0.288 e. The molecule has 2 rings (SSSR count). The zero-order chi connectivity index (χ0) is 21.5. The molecular formula is C19H27ClN2O5S. The van der Waals surface area contributed by atoms with Gasteiger partial charge in [0.2, 0.25) is 0 Å². The number of allylic oxidation sites excluding steroid dienone is 2. The van der Waals surface area contributed by atoms with E-state index < -0.39 is 10.8 Å². The lowest BCUT2D eigenvalue weighted by molar-refractivity contribution is -0.384. The Morgan fingerprint density at radius 1 is 1.32 bits per heavy atom. The normalized spacial score (nSPS) is 12.8. The number of nitro groups is 1. The molecular weight excluding hydrogens is 404 g/mol. The van der Waals surface area contributed by atoms with E-state index in [0.29, 0.717) is 12.3 Å². The molecule has 156 valence electrons. The Hall–Kier alpha value is -1.90. The summed E-state index contributed by atoms with van der Waals surface area (Å²) < 4.78 is 0. The quantitative estimate of drug-likeness (QED) is 0.280. The summed E-state index contributed by atoms with van der Waals surface area (Å²) in [6.07, 6.45) is 5.39. The Bertz CT molecular complexity index is 695. The number of aliphatic hydroxyl groups excluding tert-OH is 1. The molecule has 0 unspecified atom stereocenters. The third-order valence-electron chi connectivity index (χ3n) is 3.74. The summed E-state index contributed by atoms with van der Waals surface area (Å²) in [5.74, 6) is -0.0388. The average molecular weight is 431 g/mol. The standard InChI is InChI=1S/C16H17ClN2O4S.C2H6.CH4O/c17-13-6-5-12(9-14(13)19(22)23)16(21)18-10-24-15-4-2-1-3-11(15)7-8-20;2*1-2/h5-6,8-9H,1-4,7,10H2,(H,18,21);1-2H3;2H,1H3. The summed E-state index contributed by atoms with van der Waals surface area (Å²) >= 11 is 7.25. The lowest BCUT2D eigenvalue weighted by Crippen LogP contribution is -2.23. The predicted molar refractivity (Wildman–Crippen MR) is 114 cm³/mol. The van der Waals surface area contributed by atoms with Gasteiger partial charge < -0.3 is 15.2 Å². The topological polar surface area (TPSA) is 110 Å². The van der Waals surface area contributed by atoms with Gasteiger partial charge in [0.05, 0.1) is 10.8 Å². The molecule has 0 aromatic heterocycles. The van der Waals surface area contributed by atoms with Crippen LogP contribution in [0.2, 0.25) is 5.02 Å². The molecule has 9 heteroatoms. The molecule has 1 amide bonds. The number of rotatable bonds is 7. The molecule has 1 aliphatic carbocycles. The molecule has 7 nitrogen and oxygen atoms in total. The van der Waals surface area contributed by atoms with Crippen LogP contribution in [0.15, 0.2) is 28.7 Å². The molecule has 1 aliphatic rings. The van der Waals surface area contributed by atoms with Crippen molar-refractivity contribution in [1.29, 1.82) is 0 Å². The van der Waals surface area contributed by atoms with Gasteiger partial charge in [-0.3, -0.25) is 14.9 Å². The van der Waals surface area contributed by atoms with Gasteiger partial charge in [-0.25, -0.2) is 0 Å². The molecule has 1 aromatic carbocycles. The van der Waals surface area contributed by atoms with E-state index in [0.717, 1.165) is 49.6 Å². The van der Waals surface area contributed by atoms with E-state index in [9.17, 15) is 19.7 Å². The highest BCUT2D eigenvalue weighted by molar-refractivity contribution is 8.03. The van der Waals surface area contributed by atoms with Crippen molar-refractivity contribution in [2.24, 2.45) is 0 Å². The largest absolute Gasteiger partial charge is 0.400 e. The zero-order valence-electron chi connectivity index (χ0n) is 16.4. The zero-order valence-corrected chi connectivity index (χ0v) is 17.9. The van der Waals surface area contributed by atoms with Crippen LogP contribution in [-0.4, -0.2) is 35.2 Å². The van der Waals surface area contributed by atoms with Crippen molar-refractivity contribution in [1.82, 2.24) is 5.32 Å². The average Bonchev–Trinajstić information content (AvgIpc) is 2.72. The fourth-order valence-corrected chi connectivity index (χ4v) is 3.76. The number of aldehydes is 1. The number of thioether (sulfide) groups is 1.